The van der Waals surface area contributed by atoms with Gasteiger partial charge in [-0.2, -0.15) is 0 Å². The summed E-state index contributed by atoms with van der Waals surface area (Å²) in [5.41, 5.74) is 0.222. The minimum absolute atomic E-state index is 0.189. The van der Waals surface area contributed by atoms with Crippen LogP contribution in [-0.4, -0.2) is 11.8 Å². The fourth-order valence-electron chi connectivity index (χ4n) is 1.57. The summed E-state index contributed by atoms with van der Waals surface area (Å²) in [7, 11) is 0. The molecule has 1 aromatic rings. The zero-order valence-corrected chi connectivity index (χ0v) is 10.2. The third-order valence-corrected chi connectivity index (χ3v) is 3.05. The number of imide groups is 1. The molecule has 16 heavy (non-hydrogen) atoms. The maximum atomic E-state index is 11.5. The van der Waals surface area contributed by atoms with E-state index in [0.29, 0.717) is 5.02 Å². The Morgan fingerprint density at radius 2 is 1.38 bits per heavy atom. The van der Waals surface area contributed by atoms with Crippen LogP contribution in [0, 0.1) is 0 Å². The van der Waals surface area contributed by atoms with Gasteiger partial charge in [0.15, 0.2) is 0 Å². The van der Waals surface area contributed by atoms with Crippen molar-refractivity contribution in [1.29, 1.82) is 0 Å². The van der Waals surface area contributed by atoms with Gasteiger partial charge in [0.1, 0.15) is 0 Å². The second-order valence-corrected chi connectivity index (χ2v) is 4.59. The number of amides is 2. The van der Waals surface area contributed by atoms with Crippen LogP contribution >= 0.6 is 34.8 Å². The van der Waals surface area contributed by atoms with E-state index < -0.39 is 0 Å². The Hall–Kier alpha value is -0.770. The summed E-state index contributed by atoms with van der Waals surface area (Å²) < 4.78 is 0. The molecule has 2 amide bonds. The molecule has 0 N–H and O–H groups in total. The quantitative estimate of drug-likeness (QED) is 0.739. The smallest absolute Gasteiger partial charge is 0.234 e. The van der Waals surface area contributed by atoms with E-state index >= 15 is 0 Å². The van der Waals surface area contributed by atoms with E-state index in [2.05, 4.69) is 0 Å². The van der Waals surface area contributed by atoms with Crippen LogP contribution in [0.1, 0.15) is 12.8 Å². The maximum Gasteiger partial charge on any atom is 0.234 e. The highest BCUT2D eigenvalue weighted by molar-refractivity contribution is 6.44. The van der Waals surface area contributed by atoms with E-state index in [4.69, 9.17) is 34.8 Å². The van der Waals surface area contributed by atoms with Crippen LogP contribution in [0.4, 0.5) is 5.69 Å². The topological polar surface area (TPSA) is 37.4 Å². The molecule has 6 heteroatoms. The van der Waals surface area contributed by atoms with Crippen molar-refractivity contribution in [3.8, 4) is 0 Å². The first-order valence-corrected chi connectivity index (χ1v) is 5.64. The van der Waals surface area contributed by atoms with E-state index in [1.54, 1.807) is 0 Å². The van der Waals surface area contributed by atoms with Gasteiger partial charge in [-0.25, -0.2) is 4.90 Å². The Morgan fingerprint density at radius 3 is 1.81 bits per heavy atom. The van der Waals surface area contributed by atoms with Crippen LogP contribution < -0.4 is 4.90 Å². The molecule has 1 fully saturated rings. The zero-order valence-electron chi connectivity index (χ0n) is 7.97. The van der Waals surface area contributed by atoms with Gasteiger partial charge in [-0.1, -0.05) is 34.8 Å². The molecule has 0 atom stereocenters. The summed E-state index contributed by atoms with van der Waals surface area (Å²) in [6.45, 7) is 0. The molecular weight excluding hydrogens is 272 g/mol. The van der Waals surface area contributed by atoms with Crippen LogP contribution in [-0.2, 0) is 9.59 Å². The molecule has 0 bridgehead atoms. The average Bonchev–Trinajstić information content (AvgIpc) is 2.47. The molecular formula is C10H6Cl3NO2. The zero-order chi connectivity index (χ0) is 11.9. The predicted octanol–water partition coefficient (Wildman–Crippen LogP) is 3.30. The third kappa shape index (κ3) is 1.90. The van der Waals surface area contributed by atoms with Gasteiger partial charge in [0.2, 0.25) is 11.8 Å². The summed E-state index contributed by atoms with van der Waals surface area (Å²) in [6.07, 6.45) is 0.377. The number of benzene rings is 1. The van der Waals surface area contributed by atoms with E-state index in [9.17, 15) is 9.59 Å². The molecule has 1 heterocycles. The van der Waals surface area contributed by atoms with Gasteiger partial charge in [0.25, 0.3) is 0 Å². The van der Waals surface area contributed by atoms with Gasteiger partial charge in [0, 0.05) is 17.9 Å². The molecule has 1 aliphatic rings. The van der Waals surface area contributed by atoms with Gasteiger partial charge in [-0.3, -0.25) is 9.59 Å². The molecule has 0 spiro atoms. The number of anilines is 1. The van der Waals surface area contributed by atoms with E-state index in [-0.39, 0.29) is 40.4 Å². The predicted molar refractivity (Wildman–Crippen MR) is 63.2 cm³/mol. The molecule has 1 aromatic carbocycles. The van der Waals surface area contributed by atoms with Crippen molar-refractivity contribution in [3.63, 3.8) is 0 Å². The van der Waals surface area contributed by atoms with Gasteiger partial charge in [-0.15, -0.1) is 0 Å². The number of hydrogen-bond acceptors (Lipinski definition) is 2. The summed E-state index contributed by atoms with van der Waals surface area (Å²) in [5, 5.41) is 0.750. The highest BCUT2D eigenvalue weighted by atomic mass is 35.5. The largest absolute Gasteiger partial charge is 0.274 e. The van der Waals surface area contributed by atoms with Gasteiger partial charge in [-0.05, 0) is 12.1 Å². The van der Waals surface area contributed by atoms with Crippen LogP contribution in [0.3, 0.4) is 0 Å². The molecule has 0 saturated carbocycles. The van der Waals surface area contributed by atoms with Crippen LogP contribution in [0.25, 0.3) is 0 Å². The highest BCUT2D eigenvalue weighted by Gasteiger charge is 2.33. The summed E-state index contributed by atoms with van der Waals surface area (Å²) >= 11 is 17.6. The monoisotopic (exact) mass is 277 g/mol. The second-order valence-electron chi connectivity index (χ2n) is 3.34. The number of hydrogen-bond donors (Lipinski definition) is 0. The van der Waals surface area contributed by atoms with Crippen molar-refractivity contribution in [2.24, 2.45) is 0 Å². The van der Waals surface area contributed by atoms with Crippen molar-refractivity contribution in [1.82, 2.24) is 0 Å². The molecule has 0 aromatic heterocycles. The SMILES string of the molecule is O=C1CCC(=O)N1c1c(Cl)cc(Cl)cc1Cl. The first-order chi connectivity index (χ1) is 7.50. The van der Waals surface area contributed by atoms with Crippen molar-refractivity contribution in [2.75, 3.05) is 4.90 Å². The maximum absolute atomic E-state index is 11.5. The van der Waals surface area contributed by atoms with E-state index in [0.717, 1.165) is 4.90 Å². The lowest BCUT2D eigenvalue weighted by Crippen LogP contribution is -2.29. The number of halogens is 3. The van der Waals surface area contributed by atoms with E-state index in [1.165, 1.54) is 12.1 Å². The summed E-state index contributed by atoms with van der Waals surface area (Å²) in [5.74, 6) is -0.591. The number of carbonyl (C=O) groups is 2. The minimum atomic E-state index is -0.295. The number of carbonyl (C=O) groups excluding carboxylic acids is 2. The fourth-order valence-corrected chi connectivity index (χ4v) is 2.56. The van der Waals surface area contributed by atoms with E-state index in [1.807, 2.05) is 0 Å². The van der Waals surface area contributed by atoms with Crippen LogP contribution in [0.2, 0.25) is 15.1 Å². The Labute approximate surface area is 107 Å². The van der Waals surface area contributed by atoms with Crippen molar-refractivity contribution < 1.29 is 9.59 Å². The summed E-state index contributed by atoms with van der Waals surface area (Å²) in [6, 6.07) is 2.90. The van der Waals surface area contributed by atoms with Crippen LogP contribution in [0.15, 0.2) is 12.1 Å². The number of nitrogens with zero attached hydrogens (tertiary/aromatic N) is 1. The first kappa shape index (κ1) is 11.7. The standard InChI is InChI=1S/C10H6Cl3NO2/c11-5-3-6(12)10(7(13)4-5)14-8(15)1-2-9(14)16/h3-4H,1-2H2. The molecule has 84 valence electrons. The van der Waals surface area contributed by atoms with Crippen molar-refractivity contribution in [2.45, 2.75) is 12.8 Å². The minimum Gasteiger partial charge on any atom is -0.274 e. The Morgan fingerprint density at radius 1 is 0.938 bits per heavy atom. The summed E-state index contributed by atoms with van der Waals surface area (Å²) in [4.78, 5) is 24.1. The third-order valence-electron chi connectivity index (χ3n) is 2.26. The Bertz CT molecular complexity index is 448. The Kier molecular flexibility index (Phi) is 3.10. The van der Waals surface area contributed by atoms with Gasteiger partial charge >= 0.3 is 0 Å². The average molecular weight is 279 g/mol. The lowest BCUT2D eigenvalue weighted by atomic mass is 10.3. The molecule has 0 unspecified atom stereocenters. The fraction of sp³-hybridized carbons (Fsp3) is 0.200. The second kappa shape index (κ2) is 4.24. The number of rotatable bonds is 1. The van der Waals surface area contributed by atoms with Crippen molar-refractivity contribution >= 4 is 52.3 Å². The highest BCUT2D eigenvalue weighted by Crippen LogP contribution is 2.38. The van der Waals surface area contributed by atoms with Gasteiger partial charge in [0.05, 0.1) is 15.7 Å². The lowest BCUT2D eigenvalue weighted by Gasteiger charge is -2.17. The Balaban J connectivity index is 2.55. The van der Waals surface area contributed by atoms with Crippen molar-refractivity contribution in [3.05, 3.63) is 27.2 Å². The molecule has 2 rings (SSSR count). The first-order valence-electron chi connectivity index (χ1n) is 4.51. The lowest BCUT2D eigenvalue weighted by molar-refractivity contribution is -0.121. The molecule has 1 saturated heterocycles. The van der Waals surface area contributed by atoms with Crippen LogP contribution in [0.5, 0.6) is 0 Å². The van der Waals surface area contributed by atoms with Gasteiger partial charge < -0.3 is 0 Å². The normalized spacial score (nSPS) is 16.1. The molecule has 0 aliphatic carbocycles. The molecule has 0 radical (unpaired) electrons. The molecule has 1 aliphatic heterocycles. The molecule has 3 nitrogen and oxygen atoms in total.